The van der Waals surface area contributed by atoms with Crippen molar-refractivity contribution < 1.29 is 47.7 Å². The van der Waals surface area contributed by atoms with Gasteiger partial charge in [0.15, 0.2) is 0 Å². The second-order valence-corrected chi connectivity index (χ2v) is 23.6. The summed E-state index contributed by atoms with van der Waals surface area (Å²) in [6, 6.07) is 48.8. The van der Waals surface area contributed by atoms with E-state index >= 15 is 0 Å². The summed E-state index contributed by atoms with van der Waals surface area (Å²) in [7, 11) is 0. The lowest BCUT2D eigenvalue weighted by atomic mass is 10.1. The number of nitrogens with zero attached hydrogens (tertiary/aromatic N) is 4. The van der Waals surface area contributed by atoms with E-state index in [1.54, 1.807) is 0 Å². The number of benzene rings is 5. The third kappa shape index (κ3) is 34.4. The van der Waals surface area contributed by atoms with Crippen LogP contribution in [0.25, 0.3) is 0 Å². The number of hydrogen-bond donors (Lipinski definition) is 1. The van der Waals surface area contributed by atoms with Crippen LogP contribution in [0.2, 0.25) is 0 Å². The first-order valence-corrected chi connectivity index (χ1v) is 34.0. The third-order valence-corrected chi connectivity index (χ3v) is 16.0. The second-order valence-electron chi connectivity index (χ2n) is 23.6. The lowest BCUT2D eigenvalue weighted by molar-refractivity contribution is 0.0925. The number of carbonyl (C=O) groups is 5. The van der Waals surface area contributed by atoms with Crippen molar-refractivity contribution in [1.82, 2.24) is 24.9 Å². The van der Waals surface area contributed by atoms with Gasteiger partial charge in [0.25, 0.3) is 0 Å². The number of carbonyl (C=O) groups excluding carboxylic acids is 5. The van der Waals surface area contributed by atoms with Gasteiger partial charge >= 0.3 is 30.5 Å². The minimum atomic E-state index is -0.406. The van der Waals surface area contributed by atoms with Gasteiger partial charge in [-0.3, -0.25) is 0 Å². The molecule has 0 aliphatic rings. The first-order valence-electron chi connectivity index (χ1n) is 34.0. The van der Waals surface area contributed by atoms with Crippen LogP contribution >= 0.6 is 0 Å². The number of nitrogens with one attached hydrogen (secondary N) is 1. The Morgan fingerprint density at radius 1 is 0.267 bits per heavy atom. The molecular weight excluding hydrogens is 1130 g/mol. The lowest BCUT2D eigenvalue weighted by Crippen LogP contribution is -2.34. The average molecular weight is 1240 g/mol. The standard InChI is InChI=1S/C75H107N5O10/c1-2-3-4-5-10-34-53-79(74(84)89-64-69-48-29-21-30-49-69)59-40-16-17-41-60-80(75(85)90-65-70-50-31-22-32-51-70)58-39-15-8-14-38-57-78(73(83)88-63-68-46-27-20-28-47-68)56-37-13-7-12-36-55-77(72(82)87-62-67-44-25-19-26-45-67)54-35-11-6-9-33-52-76-71(81)86-61-66-42-23-18-24-43-66/h18-32,42-51H,2-17,33-41,52-65H2,1H3,(H,76,81). The quantitative estimate of drug-likeness (QED) is 0.0294. The van der Waals surface area contributed by atoms with E-state index in [0.717, 1.165) is 163 Å². The molecule has 0 radical (unpaired) electrons. The Balaban J connectivity index is 1.01. The monoisotopic (exact) mass is 1240 g/mol. The SMILES string of the molecule is CCCCCCCCN(CCCCCCN(CCCCCCCN(CCCCCCCN(CCCCCCCNC(=O)OCc1ccccc1)C(=O)OCc1ccccc1)C(=O)OCc1ccccc1)C(=O)OCc1ccccc1)C(=O)OCc1ccccc1. The van der Waals surface area contributed by atoms with Gasteiger partial charge in [0.05, 0.1) is 0 Å². The summed E-state index contributed by atoms with van der Waals surface area (Å²) in [6.07, 6.45) is 22.9. The van der Waals surface area contributed by atoms with Crippen molar-refractivity contribution in [2.24, 2.45) is 0 Å². The molecule has 5 aromatic rings. The van der Waals surface area contributed by atoms with Crippen LogP contribution in [0, 0.1) is 0 Å². The summed E-state index contributed by atoms with van der Waals surface area (Å²) in [4.78, 5) is 73.4. The molecule has 15 nitrogen and oxygen atoms in total. The van der Waals surface area contributed by atoms with Crippen LogP contribution in [-0.4, -0.2) is 109 Å². The van der Waals surface area contributed by atoms with Crippen LogP contribution in [0.3, 0.4) is 0 Å². The number of alkyl carbamates (subject to hydrolysis) is 1. The van der Waals surface area contributed by atoms with Crippen molar-refractivity contribution in [3.8, 4) is 0 Å². The zero-order chi connectivity index (χ0) is 63.6. The minimum absolute atomic E-state index is 0.222. The molecule has 0 bridgehead atoms. The highest BCUT2D eigenvalue weighted by atomic mass is 16.6. The molecule has 492 valence electrons. The van der Waals surface area contributed by atoms with Crippen molar-refractivity contribution in [1.29, 1.82) is 0 Å². The maximum Gasteiger partial charge on any atom is 0.410 e. The van der Waals surface area contributed by atoms with Gasteiger partial charge in [-0.15, -0.1) is 0 Å². The van der Waals surface area contributed by atoms with Crippen LogP contribution in [0.1, 0.15) is 195 Å². The van der Waals surface area contributed by atoms with Crippen molar-refractivity contribution in [3.05, 3.63) is 179 Å². The molecule has 0 aliphatic heterocycles. The number of unbranched alkanes of at least 4 members (excludes halogenated alkanes) is 20. The Bertz CT molecular complexity index is 2620. The van der Waals surface area contributed by atoms with E-state index < -0.39 is 6.09 Å². The van der Waals surface area contributed by atoms with Crippen molar-refractivity contribution in [3.63, 3.8) is 0 Å². The van der Waals surface area contributed by atoms with E-state index in [-0.39, 0.29) is 57.4 Å². The molecule has 0 aromatic heterocycles. The fourth-order valence-electron chi connectivity index (χ4n) is 10.7. The molecule has 0 atom stereocenters. The summed E-state index contributed by atoms with van der Waals surface area (Å²) in [6.45, 7) is 9.01. The molecule has 5 amide bonds. The highest BCUT2D eigenvalue weighted by Crippen LogP contribution is 2.17. The highest BCUT2D eigenvalue weighted by Gasteiger charge is 2.19. The summed E-state index contributed by atoms with van der Waals surface area (Å²) in [5.74, 6) is 0. The predicted molar refractivity (Wildman–Crippen MR) is 359 cm³/mol. The van der Waals surface area contributed by atoms with Crippen molar-refractivity contribution in [2.45, 2.75) is 200 Å². The molecule has 0 heterocycles. The Hall–Kier alpha value is -7.55. The van der Waals surface area contributed by atoms with Crippen LogP contribution in [0.5, 0.6) is 0 Å². The zero-order valence-corrected chi connectivity index (χ0v) is 54.4. The number of hydrogen-bond acceptors (Lipinski definition) is 10. The third-order valence-electron chi connectivity index (χ3n) is 16.0. The molecule has 5 rings (SSSR count). The van der Waals surface area contributed by atoms with Crippen molar-refractivity contribution >= 4 is 30.5 Å². The van der Waals surface area contributed by atoms with Crippen LogP contribution in [0.4, 0.5) is 24.0 Å². The molecular formula is C75H107N5O10. The largest absolute Gasteiger partial charge is 0.445 e. The molecule has 0 spiro atoms. The predicted octanol–water partition coefficient (Wildman–Crippen LogP) is 18.2. The Morgan fingerprint density at radius 2 is 0.467 bits per heavy atom. The van der Waals surface area contributed by atoms with Gasteiger partial charge in [0.2, 0.25) is 0 Å². The number of rotatable bonds is 48. The van der Waals surface area contributed by atoms with E-state index in [2.05, 4.69) is 12.2 Å². The maximum atomic E-state index is 13.6. The van der Waals surface area contributed by atoms with E-state index in [0.29, 0.717) is 58.9 Å². The normalized spacial score (nSPS) is 10.9. The Kier molecular flexibility index (Phi) is 39.3. The van der Waals surface area contributed by atoms with Crippen molar-refractivity contribution in [2.75, 3.05) is 58.9 Å². The van der Waals surface area contributed by atoms with Crippen LogP contribution < -0.4 is 5.32 Å². The molecule has 0 unspecified atom stereocenters. The smallest absolute Gasteiger partial charge is 0.410 e. The lowest BCUT2D eigenvalue weighted by Gasteiger charge is -2.23. The first-order chi connectivity index (χ1) is 44.3. The van der Waals surface area contributed by atoms with E-state index in [4.69, 9.17) is 23.7 Å². The molecule has 0 saturated heterocycles. The zero-order valence-electron chi connectivity index (χ0n) is 54.4. The molecule has 1 N–H and O–H groups in total. The molecule has 15 heteroatoms. The fraction of sp³-hybridized carbons (Fsp3) is 0.533. The number of amides is 5. The molecule has 0 fully saturated rings. The molecule has 90 heavy (non-hydrogen) atoms. The second kappa shape index (κ2) is 48.3. The summed E-state index contributed by atoms with van der Waals surface area (Å²) >= 11 is 0. The molecule has 0 aliphatic carbocycles. The number of ether oxygens (including phenoxy) is 5. The minimum Gasteiger partial charge on any atom is -0.445 e. The maximum absolute atomic E-state index is 13.6. The fourth-order valence-corrected chi connectivity index (χ4v) is 10.7. The summed E-state index contributed by atoms with van der Waals surface area (Å²) < 4.78 is 28.5. The van der Waals surface area contributed by atoms with E-state index in [1.165, 1.54) is 25.7 Å². The topological polar surface area (TPSA) is 156 Å². The first kappa shape index (κ1) is 73.2. The molecule has 0 saturated carbocycles. The summed E-state index contributed by atoms with van der Waals surface area (Å²) in [5.41, 5.74) is 4.78. The van der Waals surface area contributed by atoms with Gasteiger partial charge < -0.3 is 48.6 Å². The van der Waals surface area contributed by atoms with Gasteiger partial charge in [-0.2, -0.15) is 0 Å². The Labute approximate surface area is 539 Å². The van der Waals surface area contributed by atoms with E-state index in [1.807, 2.05) is 171 Å². The van der Waals surface area contributed by atoms with Crippen LogP contribution in [-0.2, 0) is 56.7 Å². The van der Waals surface area contributed by atoms with Gasteiger partial charge in [0, 0.05) is 58.9 Å². The van der Waals surface area contributed by atoms with Gasteiger partial charge in [-0.25, -0.2) is 24.0 Å². The highest BCUT2D eigenvalue weighted by molar-refractivity contribution is 5.69. The molecule has 5 aromatic carbocycles. The van der Waals surface area contributed by atoms with E-state index in [9.17, 15) is 24.0 Å². The van der Waals surface area contributed by atoms with Gasteiger partial charge in [0.1, 0.15) is 33.0 Å². The average Bonchev–Trinajstić information content (AvgIpc) is 3.63. The Morgan fingerprint density at radius 3 is 0.700 bits per heavy atom. The van der Waals surface area contributed by atoms with Gasteiger partial charge in [-0.1, -0.05) is 261 Å². The summed E-state index contributed by atoms with van der Waals surface area (Å²) in [5, 5.41) is 2.84. The van der Waals surface area contributed by atoms with Crippen LogP contribution in [0.15, 0.2) is 152 Å². The van der Waals surface area contributed by atoms with Gasteiger partial charge in [-0.05, 0) is 85.6 Å².